The summed E-state index contributed by atoms with van der Waals surface area (Å²) in [5.41, 5.74) is 4.07. The molecule has 2 aromatic heterocycles. The normalized spacial score (nSPS) is 11.0. The smallest absolute Gasteiger partial charge is 0.263 e. The van der Waals surface area contributed by atoms with E-state index in [9.17, 15) is 0 Å². The molecular formula is C22H21N5O. The predicted octanol–water partition coefficient (Wildman–Crippen LogP) is 4.93. The highest BCUT2D eigenvalue weighted by atomic mass is 16.5. The van der Waals surface area contributed by atoms with Gasteiger partial charge < -0.3 is 9.84 Å². The second-order valence-corrected chi connectivity index (χ2v) is 6.82. The summed E-state index contributed by atoms with van der Waals surface area (Å²) in [6.45, 7) is 5.02. The summed E-state index contributed by atoms with van der Waals surface area (Å²) in [7, 11) is 0. The quantitative estimate of drug-likeness (QED) is 0.518. The predicted molar refractivity (Wildman–Crippen MR) is 109 cm³/mol. The van der Waals surface area contributed by atoms with Gasteiger partial charge in [0, 0.05) is 18.3 Å². The number of aromatic nitrogens is 4. The van der Waals surface area contributed by atoms with E-state index in [-0.39, 0.29) is 0 Å². The molecule has 0 aliphatic heterocycles. The Kier molecular flexibility index (Phi) is 5.10. The van der Waals surface area contributed by atoms with E-state index < -0.39 is 0 Å². The number of hydrogen-bond donors (Lipinski definition) is 1. The lowest BCUT2D eigenvalue weighted by molar-refractivity contribution is 0.432. The van der Waals surface area contributed by atoms with Crippen LogP contribution in [-0.2, 0) is 6.54 Å². The lowest BCUT2D eigenvalue weighted by atomic mass is 10.0. The molecule has 0 radical (unpaired) electrons. The SMILES string of the molecule is CC(C)c1ccc(CNc2ncncc2-c2nc(-c3ccccc3)no2)cc1. The monoisotopic (exact) mass is 371 g/mol. The zero-order valence-corrected chi connectivity index (χ0v) is 15.8. The van der Waals surface area contributed by atoms with Crippen LogP contribution in [0.5, 0.6) is 0 Å². The zero-order valence-electron chi connectivity index (χ0n) is 15.8. The third-order valence-corrected chi connectivity index (χ3v) is 4.51. The van der Waals surface area contributed by atoms with Gasteiger partial charge in [-0.1, -0.05) is 73.6 Å². The van der Waals surface area contributed by atoms with Crippen LogP contribution in [-0.4, -0.2) is 20.1 Å². The minimum absolute atomic E-state index is 0.386. The molecule has 0 aliphatic carbocycles. The minimum Gasteiger partial charge on any atom is -0.365 e. The van der Waals surface area contributed by atoms with Crippen LogP contribution >= 0.6 is 0 Å². The first-order valence-corrected chi connectivity index (χ1v) is 9.23. The molecule has 1 N–H and O–H groups in total. The van der Waals surface area contributed by atoms with Crippen molar-refractivity contribution in [2.45, 2.75) is 26.3 Å². The zero-order chi connectivity index (χ0) is 19.3. The van der Waals surface area contributed by atoms with Gasteiger partial charge in [-0.3, -0.25) is 0 Å². The van der Waals surface area contributed by atoms with Crippen molar-refractivity contribution in [1.82, 2.24) is 20.1 Å². The molecule has 0 bridgehead atoms. The van der Waals surface area contributed by atoms with Crippen molar-refractivity contribution >= 4 is 5.82 Å². The van der Waals surface area contributed by atoms with Crippen molar-refractivity contribution in [2.75, 3.05) is 5.32 Å². The van der Waals surface area contributed by atoms with Crippen LogP contribution in [0.1, 0.15) is 30.9 Å². The molecular weight excluding hydrogens is 350 g/mol. The maximum Gasteiger partial charge on any atom is 0.263 e. The molecule has 6 heteroatoms. The molecule has 0 amide bonds. The molecule has 140 valence electrons. The Balaban J connectivity index is 1.53. The Hall–Kier alpha value is -3.54. The Labute approximate surface area is 163 Å². The molecule has 0 atom stereocenters. The summed E-state index contributed by atoms with van der Waals surface area (Å²) in [6, 6.07) is 18.3. The number of nitrogens with one attached hydrogen (secondary N) is 1. The van der Waals surface area contributed by atoms with Crippen molar-refractivity contribution < 1.29 is 4.52 Å². The molecule has 28 heavy (non-hydrogen) atoms. The van der Waals surface area contributed by atoms with E-state index in [4.69, 9.17) is 4.52 Å². The molecule has 0 unspecified atom stereocenters. The molecule has 2 heterocycles. The lowest BCUT2D eigenvalue weighted by Gasteiger charge is -2.10. The highest BCUT2D eigenvalue weighted by Gasteiger charge is 2.15. The fourth-order valence-electron chi connectivity index (χ4n) is 2.87. The second-order valence-electron chi connectivity index (χ2n) is 6.82. The molecule has 0 spiro atoms. The van der Waals surface area contributed by atoms with E-state index in [1.54, 1.807) is 6.20 Å². The number of rotatable bonds is 6. The first kappa shape index (κ1) is 17.9. The van der Waals surface area contributed by atoms with Crippen molar-refractivity contribution in [3.8, 4) is 22.8 Å². The van der Waals surface area contributed by atoms with E-state index in [1.165, 1.54) is 17.5 Å². The van der Waals surface area contributed by atoms with Crippen LogP contribution in [0.25, 0.3) is 22.8 Å². The molecule has 0 fully saturated rings. The fraction of sp³-hybridized carbons (Fsp3) is 0.182. The highest BCUT2D eigenvalue weighted by molar-refractivity contribution is 5.69. The van der Waals surface area contributed by atoms with Crippen LogP contribution in [0.15, 0.2) is 71.6 Å². The van der Waals surface area contributed by atoms with Gasteiger partial charge in [0.2, 0.25) is 5.82 Å². The van der Waals surface area contributed by atoms with Gasteiger partial charge in [-0.15, -0.1) is 0 Å². The summed E-state index contributed by atoms with van der Waals surface area (Å²) in [5.74, 6) is 2.10. The summed E-state index contributed by atoms with van der Waals surface area (Å²) >= 11 is 0. The van der Waals surface area contributed by atoms with E-state index in [0.29, 0.717) is 35.6 Å². The molecule has 4 aromatic rings. The van der Waals surface area contributed by atoms with Crippen LogP contribution in [0, 0.1) is 0 Å². The minimum atomic E-state index is 0.386. The van der Waals surface area contributed by atoms with Crippen molar-refractivity contribution in [1.29, 1.82) is 0 Å². The maximum absolute atomic E-state index is 5.46. The Bertz CT molecular complexity index is 1040. The third kappa shape index (κ3) is 3.91. The molecule has 0 saturated heterocycles. The fourth-order valence-corrected chi connectivity index (χ4v) is 2.87. The molecule has 6 nitrogen and oxygen atoms in total. The average Bonchev–Trinajstić information content (AvgIpc) is 3.23. The van der Waals surface area contributed by atoms with E-state index in [2.05, 4.69) is 63.5 Å². The third-order valence-electron chi connectivity index (χ3n) is 4.51. The Morgan fingerprint density at radius 1 is 1.00 bits per heavy atom. The van der Waals surface area contributed by atoms with Gasteiger partial charge in [-0.05, 0) is 17.0 Å². The van der Waals surface area contributed by atoms with Gasteiger partial charge in [0.25, 0.3) is 5.89 Å². The van der Waals surface area contributed by atoms with Crippen LogP contribution in [0.3, 0.4) is 0 Å². The van der Waals surface area contributed by atoms with Crippen molar-refractivity contribution in [3.63, 3.8) is 0 Å². The van der Waals surface area contributed by atoms with Gasteiger partial charge in [0.05, 0.1) is 0 Å². The van der Waals surface area contributed by atoms with E-state index >= 15 is 0 Å². The molecule has 0 saturated carbocycles. The maximum atomic E-state index is 5.46. The van der Waals surface area contributed by atoms with Crippen LogP contribution < -0.4 is 5.32 Å². The summed E-state index contributed by atoms with van der Waals surface area (Å²) in [5, 5.41) is 7.43. The van der Waals surface area contributed by atoms with E-state index in [0.717, 1.165) is 5.56 Å². The van der Waals surface area contributed by atoms with Gasteiger partial charge in [0.1, 0.15) is 17.7 Å². The largest absolute Gasteiger partial charge is 0.365 e. The van der Waals surface area contributed by atoms with Crippen LogP contribution in [0.4, 0.5) is 5.82 Å². The number of nitrogens with zero attached hydrogens (tertiary/aromatic N) is 4. The first-order chi connectivity index (χ1) is 13.7. The summed E-state index contributed by atoms with van der Waals surface area (Å²) < 4.78 is 5.46. The van der Waals surface area contributed by atoms with Gasteiger partial charge >= 0.3 is 0 Å². The number of anilines is 1. The van der Waals surface area contributed by atoms with Gasteiger partial charge in [-0.2, -0.15) is 4.98 Å². The van der Waals surface area contributed by atoms with Crippen molar-refractivity contribution in [2.24, 2.45) is 0 Å². The van der Waals surface area contributed by atoms with Crippen LogP contribution in [0.2, 0.25) is 0 Å². The Morgan fingerprint density at radius 3 is 2.54 bits per heavy atom. The standard InChI is InChI=1S/C22H21N5O/c1-15(2)17-10-8-16(9-11-17)12-24-21-19(13-23-14-25-21)22-26-20(27-28-22)18-6-4-3-5-7-18/h3-11,13-15H,12H2,1-2H3,(H,23,24,25). The molecule has 2 aromatic carbocycles. The lowest BCUT2D eigenvalue weighted by Crippen LogP contribution is -2.04. The highest BCUT2D eigenvalue weighted by Crippen LogP contribution is 2.26. The van der Waals surface area contributed by atoms with Gasteiger partial charge in [-0.25, -0.2) is 9.97 Å². The van der Waals surface area contributed by atoms with Crippen molar-refractivity contribution in [3.05, 3.63) is 78.2 Å². The average molecular weight is 371 g/mol. The molecule has 4 rings (SSSR count). The van der Waals surface area contributed by atoms with E-state index in [1.807, 2.05) is 30.3 Å². The molecule has 0 aliphatic rings. The number of hydrogen-bond acceptors (Lipinski definition) is 6. The summed E-state index contributed by atoms with van der Waals surface area (Å²) in [4.78, 5) is 13.0. The summed E-state index contributed by atoms with van der Waals surface area (Å²) in [6.07, 6.45) is 3.18. The van der Waals surface area contributed by atoms with Gasteiger partial charge in [0.15, 0.2) is 0 Å². The topological polar surface area (TPSA) is 76.7 Å². The Morgan fingerprint density at radius 2 is 1.79 bits per heavy atom. The number of benzene rings is 2. The first-order valence-electron chi connectivity index (χ1n) is 9.23. The second kappa shape index (κ2) is 8.00.